The number of carbonyl (C=O) groups is 1. The molecule has 1 N–H and O–H groups in total. The highest BCUT2D eigenvalue weighted by molar-refractivity contribution is 8.00. The Bertz CT molecular complexity index is 889. The summed E-state index contributed by atoms with van der Waals surface area (Å²) in [6, 6.07) is 11.9. The standard InChI is InChI=1S/C20H24N4O2S/c1-4-10-21-19(25)15(3)27-20-23-22-18(16-8-5-7-14(2)12-16)24(20)13-17-9-6-11-26-17/h5-9,11-12,15H,4,10,13H2,1-3H3,(H,21,25). The lowest BCUT2D eigenvalue weighted by Gasteiger charge is -2.13. The van der Waals surface area contributed by atoms with Crippen molar-refractivity contribution in [3.8, 4) is 11.4 Å². The van der Waals surface area contributed by atoms with Gasteiger partial charge in [-0.15, -0.1) is 10.2 Å². The van der Waals surface area contributed by atoms with E-state index in [0.717, 1.165) is 29.1 Å². The molecule has 0 saturated heterocycles. The molecule has 1 aromatic carbocycles. The number of nitrogens with zero attached hydrogens (tertiary/aromatic N) is 3. The van der Waals surface area contributed by atoms with E-state index < -0.39 is 0 Å². The minimum absolute atomic E-state index is 0.00602. The monoisotopic (exact) mass is 384 g/mol. The Labute approximate surface area is 163 Å². The van der Waals surface area contributed by atoms with Gasteiger partial charge in [-0.3, -0.25) is 9.36 Å². The van der Waals surface area contributed by atoms with Gasteiger partial charge in [0, 0.05) is 12.1 Å². The smallest absolute Gasteiger partial charge is 0.233 e. The predicted octanol–water partition coefficient (Wildman–Crippen LogP) is 3.90. The van der Waals surface area contributed by atoms with Crippen LogP contribution in [0.1, 0.15) is 31.6 Å². The lowest BCUT2D eigenvalue weighted by Crippen LogP contribution is -2.31. The summed E-state index contributed by atoms with van der Waals surface area (Å²) in [5.74, 6) is 1.58. The largest absolute Gasteiger partial charge is 0.467 e. The summed E-state index contributed by atoms with van der Waals surface area (Å²) in [7, 11) is 0. The number of furan rings is 1. The zero-order chi connectivity index (χ0) is 19.2. The fourth-order valence-electron chi connectivity index (χ4n) is 2.68. The number of hydrogen-bond acceptors (Lipinski definition) is 5. The van der Waals surface area contributed by atoms with Gasteiger partial charge in [0.05, 0.1) is 18.1 Å². The van der Waals surface area contributed by atoms with Gasteiger partial charge in [-0.05, 0) is 38.5 Å². The zero-order valence-corrected chi connectivity index (χ0v) is 16.6. The van der Waals surface area contributed by atoms with Gasteiger partial charge in [-0.25, -0.2) is 0 Å². The average molecular weight is 385 g/mol. The van der Waals surface area contributed by atoms with Crippen LogP contribution in [0.4, 0.5) is 0 Å². The summed E-state index contributed by atoms with van der Waals surface area (Å²) >= 11 is 1.41. The number of carbonyl (C=O) groups excluding carboxylic acids is 1. The van der Waals surface area contributed by atoms with E-state index in [1.165, 1.54) is 11.8 Å². The fraction of sp³-hybridized carbons (Fsp3) is 0.350. The van der Waals surface area contributed by atoms with Crippen molar-refractivity contribution >= 4 is 17.7 Å². The van der Waals surface area contributed by atoms with E-state index in [9.17, 15) is 4.79 Å². The maximum Gasteiger partial charge on any atom is 0.233 e. The maximum atomic E-state index is 12.2. The Morgan fingerprint density at radius 3 is 2.85 bits per heavy atom. The molecular formula is C20H24N4O2S. The molecule has 2 heterocycles. The first-order valence-electron chi connectivity index (χ1n) is 9.05. The number of benzene rings is 1. The Morgan fingerprint density at radius 2 is 2.15 bits per heavy atom. The number of aryl methyl sites for hydroxylation is 1. The van der Waals surface area contributed by atoms with E-state index >= 15 is 0 Å². The normalized spacial score (nSPS) is 12.1. The number of aromatic nitrogens is 3. The van der Waals surface area contributed by atoms with Crippen LogP contribution in [0, 0.1) is 6.92 Å². The van der Waals surface area contributed by atoms with Crippen molar-refractivity contribution < 1.29 is 9.21 Å². The molecule has 0 radical (unpaired) electrons. The molecule has 27 heavy (non-hydrogen) atoms. The van der Waals surface area contributed by atoms with Gasteiger partial charge in [-0.1, -0.05) is 42.4 Å². The third-order valence-electron chi connectivity index (χ3n) is 4.09. The second kappa shape index (κ2) is 8.90. The van der Waals surface area contributed by atoms with Crippen molar-refractivity contribution in [2.45, 2.75) is 44.1 Å². The maximum absolute atomic E-state index is 12.2. The van der Waals surface area contributed by atoms with Gasteiger partial charge in [0.1, 0.15) is 5.76 Å². The predicted molar refractivity (Wildman–Crippen MR) is 107 cm³/mol. The molecule has 3 aromatic rings. The molecular weight excluding hydrogens is 360 g/mol. The first-order chi connectivity index (χ1) is 13.1. The zero-order valence-electron chi connectivity index (χ0n) is 15.8. The minimum atomic E-state index is -0.263. The second-order valence-electron chi connectivity index (χ2n) is 6.39. The molecule has 1 unspecified atom stereocenters. The molecule has 7 heteroatoms. The third-order valence-corrected chi connectivity index (χ3v) is 5.17. The van der Waals surface area contributed by atoms with E-state index in [-0.39, 0.29) is 11.2 Å². The van der Waals surface area contributed by atoms with Crippen LogP contribution >= 0.6 is 11.8 Å². The molecule has 142 valence electrons. The molecule has 6 nitrogen and oxygen atoms in total. The van der Waals surface area contributed by atoms with Crippen LogP contribution in [0.3, 0.4) is 0 Å². The molecule has 0 bridgehead atoms. The lowest BCUT2D eigenvalue weighted by atomic mass is 10.1. The molecule has 1 amide bonds. The highest BCUT2D eigenvalue weighted by Crippen LogP contribution is 2.28. The number of nitrogens with one attached hydrogen (secondary N) is 1. The van der Waals surface area contributed by atoms with E-state index in [0.29, 0.717) is 18.2 Å². The summed E-state index contributed by atoms with van der Waals surface area (Å²) in [5.41, 5.74) is 2.14. The van der Waals surface area contributed by atoms with Crippen LogP contribution in [0.25, 0.3) is 11.4 Å². The Balaban J connectivity index is 1.90. The third kappa shape index (κ3) is 4.80. The molecule has 1 atom stereocenters. The van der Waals surface area contributed by atoms with Gasteiger partial charge in [0.2, 0.25) is 5.91 Å². The molecule has 0 aliphatic rings. The van der Waals surface area contributed by atoms with Gasteiger partial charge in [0.25, 0.3) is 0 Å². The van der Waals surface area contributed by atoms with Crippen molar-refractivity contribution in [3.05, 3.63) is 54.0 Å². The minimum Gasteiger partial charge on any atom is -0.467 e. The van der Waals surface area contributed by atoms with Gasteiger partial charge >= 0.3 is 0 Å². The van der Waals surface area contributed by atoms with Crippen molar-refractivity contribution in [2.24, 2.45) is 0 Å². The lowest BCUT2D eigenvalue weighted by molar-refractivity contribution is -0.120. The first kappa shape index (κ1) is 19.2. The molecule has 0 saturated carbocycles. The van der Waals surface area contributed by atoms with E-state index in [1.54, 1.807) is 6.26 Å². The van der Waals surface area contributed by atoms with Crippen LogP contribution in [0.5, 0.6) is 0 Å². The fourth-order valence-corrected chi connectivity index (χ4v) is 3.55. The van der Waals surface area contributed by atoms with Crippen molar-refractivity contribution in [1.29, 1.82) is 0 Å². The quantitative estimate of drug-likeness (QED) is 0.596. The molecule has 0 spiro atoms. The Kier molecular flexibility index (Phi) is 6.34. The van der Waals surface area contributed by atoms with Crippen molar-refractivity contribution in [1.82, 2.24) is 20.1 Å². The Morgan fingerprint density at radius 1 is 1.30 bits per heavy atom. The summed E-state index contributed by atoms with van der Waals surface area (Å²) in [5, 5.41) is 12.1. The van der Waals surface area contributed by atoms with E-state index in [4.69, 9.17) is 4.42 Å². The first-order valence-corrected chi connectivity index (χ1v) is 9.93. The number of amides is 1. The topological polar surface area (TPSA) is 73.0 Å². The van der Waals surface area contributed by atoms with Crippen LogP contribution < -0.4 is 5.32 Å². The van der Waals surface area contributed by atoms with Crippen LogP contribution in [-0.4, -0.2) is 32.5 Å². The van der Waals surface area contributed by atoms with Crippen molar-refractivity contribution in [2.75, 3.05) is 6.54 Å². The molecule has 0 aliphatic heterocycles. The number of thioether (sulfide) groups is 1. The SMILES string of the molecule is CCCNC(=O)C(C)Sc1nnc(-c2cccc(C)c2)n1Cc1ccco1. The summed E-state index contributed by atoms with van der Waals surface area (Å²) < 4.78 is 7.52. The van der Waals surface area contributed by atoms with Crippen LogP contribution in [-0.2, 0) is 11.3 Å². The van der Waals surface area contributed by atoms with Gasteiger partial charge in [0.15, 0.2) is 11.0 Å². The van der Waals surface area contributed by atoms with Crippen LogP contribution in [0.15, 0.2) is 52.2 Å². The van der Waals surface area contributed by atoms with Crippen molar-refractivity contribution in [3.63, 3.8) is 0 Å². The highest BCUT2D eigenvalue weighted by Gasteiger charge is 2.21. The number of rotatable bonds is 8. The van der Waals surface area contributed by atoms with Gasteiger partial charge in [-0.2, -0.15) is 0 Å². The Hall–Kier alpha value is -2.54. The summed E-state index contributed by atoms with van der Waals surface area (Å²) in [6.07, 6.45) is 2.56. The molecule has 3 rings (SSSR count). The van der Waals surface area contributed by atoms with E-state index in [1.807, 2.05) is 55.7 Å². The molecule has 2 aromatic heterocycles. The second-order valence-corrected chi connectivity index (χ2v) is 7.70. The average Bonchev–Trinajstić information content (AvgIpc) is 3.30. The number of hydrogen-bond donors (Lipinski definition) is 1. The van der Waals surface area contributed by atoms with Crippen LogP contribution in [0.2, 0.25) is 0 Å². The molecule has 0 fully saturated rings. The summed E-state index contributed by atoms with van der Waals surface area (Å²) in [4.78, 5) is 12.2. The highest BCUT2D eigenvalue weighted by atomic mass is 32.2. The molecule has 0 aliphatic carbocycles. The van der Waals surface area contributed by atoms with Gasteiger partial charge < -0.3 is 9.73 Å². The van der Waals surface area contributed by atoms with E-state index in [2.05, 4.69) is 21.6 Å². The summed E-state index contributed by atoms with van der Waals surface area (Å²) in [6.45, 7) is 7.15.